The zero-order chi connectivity index (χ0) is 10.7. The second-order valence-electron chi connectivity index (χ2n) is 3.47. The summed E-state index contributed by atoms with van der Waals surface area (Å²) in [5.41, 5.74) is 2.46. The summed E-state index contributed by atoms with van der Waals surface area (Å²) in [5, 5.41) is 3.40. The zero-order valence-electron chi connectivity index (χ0n) is 8.57. The number of hydrogen-bond acceptors (Lipinski definition) is 1. The van der Waals surface area contributed by atoms with Gasteiger partial charge in [0.1, 0.15) is 0 Å². The average Bonchev–Trinajstić information content (AvgIpc) is 2.61. The summed E-state index contributed by atoms with van der Waals surface area (Å²) in [6.45, 7) is 0.865. The Balaban J connectivity index is 2.02. The molecule has 0 aliphatic carbocycles. The number of hydrogen-bond donors (Lipinski definition) is 1. The van der Waals surface area contributed by atoms with Crippen LogP contribution in [0.5, 0.6) is 0 Å². The van der Waals surface area contributed by atoms with Crippen LogP contribution in [0.15, 0.2) is 42.6 Å². The molecule has 0 aliphatic rings. The van der Waals surface area contributed by atoms with Crippen LogP contribution in [-0.4, -0.2) is 4.57 Å². The second-order valence-corrected chi connectivity index (χ2v) is 4.72. The van der Waals surface area contributed by atoms with Crippen molar-refractivity contribution in [1.82, 2.24) is 4.57 Å². The number of benzene rings is 1. The van der Waals surface area contributed by atoms with E-state index in [0.717, 1.165) is 6.54 Å². The van der Waals surface area contributed by atoms with E-state index in [1.807, 2.05) is 0 Å². The highest BCUT2D eigenvalue weighted by Crippen LogP contribution is 2.13. The highest BCUT2D eigenvalue weighted by Gasteiger charge is 1.97. The van der Waals surface area contributed by atoms with Gasteiger partial charge in [0.15, 0.2) is 0 Å². The average molecular weight is 312 g/mol. The molecule has 0 saturated carbocycles. The number of halogens is 1. The Morgan fingerprint density at radius 3 is 2.80 bits per heavy atom. The normalized spacial score (nSPS) is 10.3. The van der Waals surface area contributed by atoms with Crippen LogP contribution in [0.2, 0.25) is 0 Å². The van der Waals surface area contributed by atoms with Gasteiger partial charge in [-0.1, -0.05) is 6.07 Å². The first kappa shape index (κ1) is 10.5. The lowest BCUT2D eigenvalue weighted by Crippen LogP contribution is -2.03. The fraction of sp³-hybridized carbons (Fsp3) is 0.167. The van der Waals surface area contributed by atoms with E-state index >= 15 is 0 Å². The van der Waals surface area contributed by atoms with Crippen LogP contribution in [0.3, 0.4) is 0 Å². The van der Waals surface area contributed by atoms with E-state index in [0.29, 0.717) is 0 Å². The molecule has 3 heteroatoms. The molecule has 0 atom stereocenters. The van der Waals surface area contributed by atoms with Crippen LogP contribution in [0.25, 0.3) is 0 Å². The topological polar surface area (TPSA) is 17.0 Å². The van der Waals surface area contributed by atoms with Crippen molar-refractivity contribution < 1.29 is 0 Å². The van der Waals surface area contributed by atoms with Crippen molar-refractivity contribution in [2.75, 3.05) is 5.32 Å². The Morgan fingerprint density at radius 1 is 1.27 bits per heavy atom. The number of anilines is 1. The van der Waals surface area contributed by atoms with Crippen molar-refractivity contribution in [3.8, 4) is 0 Å². The Labute approximate surface area is 103 Å². The molecule has 0 unspecified atom stereocenters. The third-order valence-electron chi connectivity index (χ3n) is 2.35. The SMILES string of the molecule is Cn1cccc1CNc1cccc(I)c1. The van der Waals surface area contributed by atoms with E-state index in [-0.39, 0.29) is 0 Å². The number of nitrogens with one attached hydrogen (secondary N) is 1. The van der Waals surface area contributed by atoms with Gasteiger partial charge >= 0.3 is 0 Å². The quantitative estimate of drug-likeness (QED) is 0.861. The molecule has 2 rings (SSSR count). The minimum atomic E-state index is 0.865. The van der Waals surface area contributed by atoms with Crippen molar-refractivity contribution in [1.29, 1.82) is 0 Å². The lowest BCUT2D eigenvalue weighted by Gasteiger charge is -2.07. The molecule has 78 valence electrons. The molecule has 1 aromatic carbocycles. The van der Waals surface area contributed by atoms with E-state index < -0.39 is 0 Å². The van der Waals surface area contributed by atoms with Crippen LogP contribution < -0.4 is 5.32 Å². The first-order valence-corrected chi connectivity index (χ1v) is 5.93. The van der Waals surface area contributed by atoms with Gasteiger partial charge in [-0.2, -0.15) is 0 Å². The maximum Gasteiger partial charge on any atom is 0.0553 e. The number of aryl methyl sites for hydroxylation is 1. The standard InChI is InChI=1S/C12H13IN2/c1-15-7-3-6-12(15)9-14-11-5-2-4-10(13)8-11/h2-8,14H,9H2,1H3. The van der Waals surface area contributed by atoms with Gasteiger partial charge < -0.3 is 9.88 Å². The van der Waals surface area contributed by atoms with Crippen LogP contribution in [-0.2, 0) is 13.6 Å². The largest absolute Gasteiger partial charge is 0.379 e. The summed E-state index contributed by atoms with van der Waals surface area (Å²) in [5.74, 6) is 0. The highest BCUT2D eigenvalue weighted by molar-refractivity contribution is 14.1. The van der Waals surface area contributed by atoms with Gasteiger partial charge in [-0.25, -0.2) is 0 Å². The maximum absolute atomic E-state index is 3.40. The Hall–Kier alpha value is -0.970. The van der Waals surface area contributed by atoms with Crippen LogP contribution in [0, 0.1) is 3.57 Å². The molecule has 0 radical (unpaired) electrons. The maximum atomic E-state index is 3.40. The molecule has 0 spiro atoms. The minimum Gasteiger partial charge on any atom is -0.379 e. The highest BCUT2D eigenvalue weighted by atomic mass is 127. The van der Waals surface area contributed by atoms with Gasteiger partial charge in [0.05, 0.1) is 6.54 Å². The molecule has 0 amide bonds. The molecule has 1 aromatic heterocycles. The number of aromatic nitrogens is 1. The van der Waals surface area contributed by atoms with Gasteiger partial charge in [-0.3, -0.25) is 0 Å². The van der Waals surface area contributed by atoms with Crippen molar-refractivity contribution in [2.24, 2.45) is 7.05 Å². The van der Waals surface area contributed by atoms with Gasteiger partial charge in [-0.05, 0) is 52.9 Å². The molecule has 1 heterocycles. The minimum absolute atomic E-state index is 0.865. The van der Waals surface area contributed by atoms with Gasteiger partial charge in [0, 0.05) is 28.2 Å². The van der Waals surface area contributed by atoms with E-state index in [1.165, 1.54) is 15.0 Å². The van der Waals surface area contributed by atoms with E-state index in [9.17, 15) is 0 Å². The van der Waals surface area contributed by atoms with Crippen LogP contribution >= 0.6 is 22.6 Å². The molecule has 0 fully saturated rings. The van der Waals surface area contributed by atoms with Gasteiger partial charge in [0.25, 0.3) is 0 Å². The molecule has 2 aromatic rings. The summed E-state index contributed by atoms with van der Waals surface area (Å²) < 4.78 is 3.38. The molecule has 0 saturated heterocycles. The molecular weight excluding hydrogens is 299 g/mol. The lowest BCUT2D eigenvalue weighted by atomic mass is 10.3. The summed E-state index contributed by atoms with van der Waals surface area (Å²) >= 11 is 2.32. The molecule has 1 N–H and O–H groups in total. The fourth-order valence-corrected chi connectivity index (χ4v) is 2.01. The molecule has 0 aliphatic heterocycles. The molecule has 15 heavy (non-hydrogen) atoms. The third kappa shape index (κ3) is 2.75. The van der Waals surface area contributed by atoms with Crippen molar-refractivity contribution in [3.05, 3.63) is 51.9 Å². The Bertz CT molecular complexity index is 448. The lowest BCUT2D eigenvalue weighted by molar-refractivity contribution is 0.842. The Kier molecular flexibility index (Phi) is 3.30. The summed E-state index contributed by atoms with van der Waals surface area (Å²) in [6.07, 6.45) is 2.06. The Morgan fingerprint density at radius 2 is 2.13 bits per heavy atom. The molecule has 2 nitrogen and oxygen atoms in total. The zero-order valence-corrected chi connectivity index (χ0v) is 10.7. The summed E-state index contributed by atoms with van der Waals surface area (Å²) in [4.78, 5) is 0. The second kappa shape index (κ2) is 4.70. The molecule has 0 bridgehead atoms. The summed E-state index contributed by atoms with van der Waals surface area (Å²) in [7, 11) is 2.06. The van der Waals surface area contributed by atoms with E-state index in [2.05, 4.69) is 82.1 Å². The smallest absolute Gasteiger partial charge is 0.0553 e. The first-order chi connectivity index (χ1) is 7.25. The summed E-state index contributed by atoms with van der Waals surface area (Å²) in [6, 6.07) is 12.6. The third-order valence-corrected chi connectivity index (χ3v) is 3.02. The fourth-order valence-electron chi connectivity index (χ4n) is 1.47. The van der Waals surface area contributed by atoms with Gasteiger partial charge in [-0.15, -0.1) is 0 Å². The van der Waals surface area contributed by atoms with Crippen molar-refractivity contribution >= 4 is 28.3 Å². The van der Waals surface area contributed by atoms with Gasteiger partial charge in [0.2, 0.25) is 0 Å². The predicted octanol–water partition coefficient (Wildman–Crippen LogP) is 3.24. The van der Waals surface area contributed by atoms with E-state index in [1.54, 1.807) is 0 Å². The van der Waals surface area contributed by atoms with Crippen LogP contribution in [0.1, 0.15) is 5.69 Å². The van der Waals surface area contributed by atoms with E-state index in [4.69, 9.17) is 0 Å². The predicted molar refractivity (Wildman–Crippen MR) is 71.9 cm³/mol. The molecular formula is C12H13IN2. The first-order valence-electron chi connectivity index (χ1n) is 4.85. The van der Waals surface area contributed by atoms with Crippen molar-refractivity contribution in [3.63, 3.8) is 0 Å². The van der Waals surface area contributed by atoms with Crippen LogP contribution in [0.4, 0.5) is 5.69 Å². The number of nitrogens with zero attached hydrogens (tertiary/aromatic N) is 1. The van der Waals surface area contributed by atoms with Crippen molar-refractivity contribution in [2.45, 2.75) is 6.54 Å². The number of rotatable bonds is 3. The monoisotopic (exact) mass is 312 g/mol.